The lowest BCUT2D eigenvalue weighted by Crippen LogP contribution is -2.15. The fourth-order valence-electron chi connectivity index (χ4n) is 2.35. The van der Waals surface area contributed by atoms with Gasteiger partial charge in [0.15, 0.2) is 5.78 Å². The van der Waals surface area contributed by atoms with E-state index in [4.69, 9.17) is 4.74 Å². The van der Waals surface area contributed by atoms with Crippen LogP contribution in [-0.2, 0) is 16.0 Å². The van der Waals surface area contributed by atoms with Gasteiger partial charge in [0.25, 0.3) is 0 Å². The Morgan fingerprint density at radius 3 is 2.04 bits per heavy atom. The molecule has 0 spiro atoms. The molecule has 0 radical (unpaired) electrons. The Morgan fingerprint density at radius 2 is 1.52 bits per heavy atom. The molecule has 25 heavy (non-hydrogen) atoms. The number of amides is 2. The Hall–Kier alpha value is -3.15. The van der Waals surface area contributed by atoms with Gasteiger partial charge in [-0.1, -0.05) is 0 Å². The first kappa shape index (κ1) is 18.2. The molecule has 2 aromatic rings. The first-order valence-corrected chi connectivity index (χ1v) is 7.74. The van der Waals surface area contributed by atoms with Gasteiger partial charge in [-0.25, -0.2) is 0 Å². The first-order valence-electron chi connectivity index (χ1n) is 7.74. The van der Waals surface area contributed by atoms with E-state index in [2.05, 4.69) is 10.6 Å². The third kappa shape index (κ3) is 5.17. The number of benzene rings is 2. The van der Waals surface area contributed by atoms with E-state index in [1.807, 2.05) is 0 Å². The summed E-state index contributed by atoms with van der Waals surface area (Å²) in [5, 5.41) is 5.44. The van der Waals surface area contributed by atoms with Crippen molar-refractivity contribution >= 4 is 29.0 Å². The van der Waals surface area contributed by atoms with Crippen LogP contribution in [0.15, 0.2) is 42.5 Å². The number of ether oxygens (including phenoxy) is 1. The van der Waals surface area contributed by atoms with Gasteiger partial charge in [-0.15, -0.1) is 0 Å². The predicted octanol–water partition coefficient (Wildman–Crippen LogP) is 3.04. The lowest BCUT2D eigenvalue weighted by Gasteiger charge is -2.11. The summed E-state index contributed by atoms with van der Waals surface area (Å²) in [6.45, 7) is 2.90. The van der Waals surface area contributed by atoms with Crippen LogP contribution in [0.5, 0.6) is 5.75 Å². The van der Waals surface area contributed by atoms with Crippen molar-refractivity contribution in [3.05, 3.63) is 53.6 Å². The highest BCUT2D eigenvalue weighted by atomic mass is 16.5. The quantitative estimate of drug-likeness (QED) is 0.792. The summed E-state index contributed by atoms with van der Waals surface area (Å²) < 4.78 is 5.25. The van der Waals surface area contributed by atoms with Gasteiger partial charge < -0.3 is 15.4 Å². The molecule has 0 aliphatic carbocycles. The number of carbonyl (C=O) groups excluding carboxylic acids is 3. The smallest absolute Gasteiger partial charge is 0.228 e. The summed E-state index contributed by atoms with van der Waals surface area (Å²) in [5.41, 5.74) is 2.44. The van der Waals surface area contributed by atoms with Crippen molar-refractivity contribution in [1.82, 2.24) is 0 Å². The van der Waals surface area contributed by atoms with Gasteiger partial charge in [-0.05, 0) is 49.4 Å². The van der Waals surface area contributed by atoms with Crippen molar-refractivity contribution in [1.29, 1.82) is 0 Å². The van der Waals surface area contributed by atoms with Gasteiger partial charge in [0.1, 0.15) is 5.75 Å². The normalized spacial score (nSPS) is 10.0. The zero-order chi connectivity index (χ0) is 18.4. The zero-order valence-corrected chi connectivity index (χ0v) is 14.4. The standard InChI is InChI=1S/C19H20N2O4/c1-12(22)14-4-9-18(25-3)15(10-14)11-19(24)21-17-7-5-16(6-8-17)20-13(2)23/h4-10H,11H2,1-3H3,(H,20,23)(H,21,24). The van der Waals surface area contributed by atoms with Crippen molar-refractivity contribution < 1.29 is 19.1 Å². The maximum absolute atomic E-state index is 12.3. The molecular weight excluding hydrogens is 320 g/mol. The average Bonchev–Trinajstić information content (AvgIpc) is 2.56. The molecule has 0 aliphatic rings. The van der Waals surface area contributed by atoms with Crippen LogP contribution in [0.2, 0.25) is 0 Å². The van der Waals surface area contributed by atoms with E-state index in [0.717, 1.165) is 0 Å². The van der Waals surface area contributed by atoms with E-state index < -0.39 is 0 Å². The summed E-state index contributed by atoms with van der Waals surface area (Å²) in [6.07, 6.45) is 0.0811. The van der Waals surface area contributed by atoms with Gasteiger partial charge in [-0.2, -0.15) is 0 Å². The molecule has 0 aromatic heterocycles. The minimum atomic E-state index is -0.230. The summed E-state index contributed by atoms with van der Waals surface area (Å²) in [7, 11) is 1.52. The molecule has 6 heteroatoms. The molecule has 2 amide bonds. The lowest BCUT2D eigenvalue weighted by atomic mass is 10.0. The molecule has 0 atom stereocenters. The van der Waals surface area contributed by atoms with Crippen LogP contribution < -0.4 is 15.4 Å². The second-order valence-electron chi connectivity index (χ2n) is 5.57. The molecule has 130 valence electrons. The molecule has 6 nitrogen and oxygen atoms in total. The number of methoxy groups -OCH3 is 1. The van der Waals surface area contributed by atoms with E-state index in [1.54, 1.807) is 42.5 Å². The minimum absolute atomic E-state index is 0.0714. The molecule has 0 fully saturated rings. The Bertz CT molecular complexity index is 798. The number of Topliss-reactive ketones (excluding diaryl/α,β-unsaturated/α-hetero) is 1. The molecule has 2 rings (SSSR count). The van der Waals surface area contributed by atoms with Crippen LogP contribution in [0.4, 0.5) is 11.4 Å². The minimum Gasteiger partial charge on any atom is -0.496 e. The Balaban J connectivity index is 2.08. The SMILES string of the molecule is COc1ccc(C(C)=O)cc1CC(=O)Nc1ccc(NC(C)=O)cc1. The molecule has 2 aromatic carbocycles. The number of anilines is 2. The zero-order valence-electron chi connectivity index (χ0n) is 14.4. The fraction of sp³-hybridized carbons (Fsp3) is 0.211. The van der Waals surface area contributed by atoms with Gasteiger partial charge >= 0.3 is 0 Å². The van der Waals surface area contributed by atoms with Crippen LogP contribution in [0, 0.1) is 0 Å². The van der Waals surface area contributed by atoms with Gasteiger partial charge in [0.05, 0.1) is 13.5 Å². The maximum atomic E-state index is 12.3. The molecular formula is C19H20N2O4. The second-order valence-corrected chi connectivity index (χ2v) is 5.57. The van der Waals surface area contributed by atoms with E-state index in [9.17, 15) is 14.4 Å². The van der Waals surface area contributed by atoms with Crippen molar-refractivity contribution in [2.45, 2.75) is 20.3 Å². The van der Waals surface area contributed by atoms with Crippen LogP contribution in [-0.4, -0.2) is 24.7 Å². The van der Waals surface area contributed by atoms with Crippen LogP contribution in [0.3, 0.4) is 0 Å². The summed E-state index contributed by atoms with van der Waals surface area (Å²) in [5.74, 6) is 0.0968. The average molecular weight is 340 g/mol. The lowest BCUT2D eigenvalue weighted by molar-refractivity contribution is -0.116. The second kappa shape index (κ2) is 8.10. The monoisotopic (exact) mass is 340 g/mol. The van der Waals surface area contributed by atoms with E-state index >= 15 is 0 Å². The highest BCUT2D eigenvalue weighted by Crippen LogP contribution is 2.22. The van der Waals surface area contributed by atoms with Crippen molar-refractivity contribution in [2.75, 3.05) is 17.7 Å². The topological polar surface area (TPSA) is 84.5 Å². The summed E-state index contributed by atoms with van der Waals surface area (Å²) >= 11 is 0. The number of rotatable bonds is 6. The number of nitrogens with one attached hydrogen (secondary N) is 2. The Labute approximate surface area is 146 Å². The Kier molecular flexibility index (Phi) is 5.89. The highest BCUT2D eigenvalue weighted by Gasteiger charge is 2.12. The van der Waals surface area contributed by atoms with Gasteiger partial charge in [-0.3, -0.25) is 14.4 Å². The summed E-state index contributed by atoms with van der Waals surface area (Å²) in [4.78, 5) is 34.8. The largest absolute Gasteiger partial charge is 0.496 e. The molecule has 0 bridgehead atoms. The van der Waals surface area contributed by atoms with E-state index in [1.165, 1.54) is 21.0 Å². The predicted molar refractivity (Wildman–Crippen MR) is 96.1 cm³/mol. The molecule has 0 saturated heterocycles. The number of hydrogen-bond donors (Lipinski definition) is 2. The van der Waals surface area contributed by atoms with Crippen LogP contribution in [0.1, 0.15) is 29.8 Å². The van der Waals surface area contributed by atoms with E-state index in [0.29, 0.717) is 28.3 Å². The van der Waals surface area contributed by atoms with Crippen LogP contribution >= 0.6 is 0 Å². The Morgan fingerprint density at radius 1 is 0.920 bits per heavy atom. The number of hydrogen-bond acceptors (Lipinski definition) is 4. The number of carbonyl (C=O) groups is 3. The molecule has 0 heterocycles. The molecule has 2 N–H and O–H groups in total. The summed E-state index contributed by atoms with van der Waals surface area (Å²) in [6, 6.07) is 11.8. The van der Waals surface area contributed by atoms with Crippen molar-refractivity contribution in [2.24, 2.45) is 0 Å². The van der Waals surface area contributed by atoms with Crippen molar-refractivity contribution in [3.8, 4) is 5.75 Å². The highest BCUT2D eigenvalue weighted by molar-refractivity contribution is 5.96. The third-order valence-electron chi connectivity index (χ3n) is 3.53. The van der Waals surface area contributed by atoms with Gasteiger partial charge in [0, 0.05) is 29.4 Å². The first-order chi connectivity index (χ1) is 11.9. The molecule has 0 aliphatic heterocycles. The third-order valence-corrected chi connectivity index (χ3v) is 3.53. The fourth-order valence-corrected chi connectivity index (χ4v) is 2.35. The maximum Gasteiger partial charge on any atom is 0.228 e. The van der Waals surface area contributed by atoms with Gasteiger partial charge in [0.2, 0.25) is 11.8 Å². The molecule has 0 unspecified atom stereocenters. The molecule has 0 saturated carbocycles. The van der Waals surface area contributed by atoms with E-state index in [-0.39, 0.29) is 24.0 Å². The van der Waals surface area contributed by atoms with Crippen molar-refractivity contribution in [3.63, 3.8) is 0 Å². The number of ketones is 1. The van der Waals surface area contributed by atoms with Crippen LogP contribution in [0.25, 0.3) is 0 Å².